The summed E-state index contributed by atoms with van der Waals surface area (Å²) in [6, 6.07) is 18.4. The van der Waals surface area contributed by atoms with Gasteiger partial charge in [-0.3, -0.25) is 18.8 Å². The molecule has 0 spiro atoms. The van der Waals surface area contributed by atoms with Crippen LogP contribution in [0.1, 0.15) is 57.2 Å². The molecule has 0 aliphatic rings. The Hall–Kier alpha value is -5.49. The molecule has 1 N–H and O–H groups in total. The van der Waals surface area contributed by atoms with Gasteiger partial charge in [-0.1, -0.05) is 42.2 Å². The Bertz CT molecular complexity index is 2130. The second-order valence-electron chi connectivity index (χ2n) is 10.4. The first-order valence-corrected chi connectivity index (χ1v) is 13.6. The SMILES string of the molecule is Cc1cc(C)n2nc(C)c(C(=O)NC(C)c3cc4cccc(C#Cc5cnn(C)c5)c4c(=O)n3-c3ccccc3)c2n1. The van der Waals surface area contributed by atoms with Crippen molar-refractivity contribution >= 4 is 22.3 Å². The molecule has 0 radical (unpaired) electrons. The normalized spacial score (nSPS) is 11.8. The number of aromatic nitrogens is 6. The van der Waals surface area contributed by atoms with Gasteiger partial charge in [0.05, 0.1) is 28.9 Å². The summed E-state index contributed by atoms with van der Waals surface area (Å²) in [5.41, 5.74) is 5.68. The van der Waals surface area contributed by atoms with E-state index in [1.807, 2.05) is 94.7 Å². The van der Waals surface area contributed by atoms with Crippen LogP contribution in [0.3, 0.4) is 0 Å². The van der Waals surface area contributed by atoms with E-state index in [1.165, 1.54) is 0 Å². The third-order valence-corrected chi connectivity index (χ3v) is 7.22. The summed E-state index contributed by atoms with van der Waals surface area (Å²) in [6.45, 7) is 7.49. The lowest BCUT2D eigenvalue weighted by Crippen LogP contribution is -2.32. The Kier molecular flexibility index (Phi) is 6.67. The topological polar surface area (TPSA) is 99.1 Å². The lowest BCUT2D eigenvalue weighted by atomic mass is 10.0. The predicted molar refractivity (Wildman–Crippen MR) is 162 cm³/mol. The fraction of sp³-hybridized carbons (Fsp3) is 0.182. The summed E-state index contributed by atoms with van der Waals surface area (Å²) in [6.07, 6.45) is 3.51. The first kappa shape index (κ1) is 26.7. The number of carbonyl (C=O) groups is 1. The summed E-state index contributed by atoms with van der Waals surface area (Å²) < 4.78 is 5.02. The number of carbonyl (C=O) groups excluding carboxylic acids is 1. The fourth-order valence-electron chi connectivity index (χ4n) is 5.31. The second-order valence-corrected chi connectivity index (χ2v) is 10.4. The van der Waals surface area contributed by atoms with Crippen molar-refractivity contribution in [3.8, 4) is 17.5 Å². The van der Waals surface area contributed by atoms with Crippen molar-refractivity contribution in [2.24, 2.45) is 7.05 Å². The molecule has 0 bridgehead atoms. The highest BCUT2D eigenvalue weighted by Gasteiger charge is 2.24. The lowest BCUT2D eigenvalue weighted by Gasteiger charge is -2.21. The highest BCUT2D eigenvalue weighted by atomic mass is 16.2. The van der Waals surface area contributed by atoms with E-state index < -0.39 is 6.04 Å². The standard InChI is InChI=1S/C33H29N7O2/c1-20-16-21(2)40-31(35-20)29(23(4)37-40)32(41)36-22(3)28-17-26-11-9-10-25(15-14-24-18-34-38(5)19-24)30(26)33(42)39(28)27-12-7-6-8-13-27/h6-13,16-19,22H,1-5H3,(H,36,41). The van der Waals surface area contributed by atoms with Crippen LogP contribution in [0.15, 0.2) is 77.9 Å². The molecule has 4 aromatic heterocycles. The summed E-state index contributed by atoms with van der Waals surface area (Å²) in [7, 11) is 1.83. The van der Waals surface area contributed by atoms with Gasteiger partial charge in [-0.2, -0.15) is 10.2 Å². The number of rotatable bonds is 4. The van der Waals surface area contributed by atoms with E-state index >= 15 is 0 Å². The van der Waals surface area contributed by atoms with Gasteiger partial charge < -0.3 is 5.32 Å². The number of fused-ring (bicyclic) bond motifs is 2. The Morgan fingerprint density at radius 3 is 2.52 bits per heavy atom. The molecular weight excluding hydrogens is 526 g/mol. The van der Waals surface area contributed by atoms with Gasteiger partial charge in [-0.05, 0) is 63.4 Å². The average Bonchev–Trinajstić information content (AvgIpc) is 3.53. The van der Waals surface area contributed by atoms with E-state index in [9.17, 15) is 9.59 Å². The summed E-state index contributed by atoms with van der Waals surface area (Å²) in [5.74, 6) is 5.97. The molecule has 1 unspecified atom stereocenters. The zero-order chi connectivity index (χ0) is 29.5. The Morgan fingerprint density at radius 1 is 1.00 bits per heavy atom. The fourth-order valence-corrected chi connectivity index (χ4v) is 5.31. The van der Waals surface area contributed by atoms with E-state index in [0.717, 1.165) is 22.3 Å². The molecule has 1 atom stereocenters. The van der Waals surface area contributed by atoms with E-state index in [1.54, 1.807) is 26.9 Å². The van der Waals surface area contributed by atoms with Crippen molar-refractivity contribution in [1.29, 1.82) is 0 Å². The number of para-hydroxylation sites is 1. The number of hydrogen-bond donors (Lipinski definition) is 1. The first-order chi connectivity index (χ1) is 20.2. The first-order valence-electron chi connectivity index (χ1n) is 13.6. The minimum Gasteiger partial charge on any atom is -0.344 e. The molecule has 6 rings (SSSR count). The monoisotopic (exact) mass is 555 g/mol. The molecule has 0 aliphatic carbocycles. The molecule has 4 heterocycles. The van der Waals surface area contributed by atoms with E-state index in [-0.39, 0.29) is 11.5 Å². The molecular formula is C33H29N7O2. The van der Waals surface area contributed by atoms with Crippen molar-refractivity contribution < 1.29 is 4.79 Å². The smallest absolute Gasteiger partial charge is 0.264 e. The number of hydrogen-bond acceptors (Lipinski definition) is 5. The van der Waals surface area contributed by atoms with Crippen molar-refractivity contribution in [1.82, 2.24) is 34.3 Å². The van der Waals surface area contributed by atoms with Gasteiger partial charge in [0.15, 0.2) is 5.65 Å². The highest BCUT2D eigenvalue weighted by Crippen LogP contribution is 2.24. The van der Waals surface area contributed by atoms with E-state index in [4.69, 9.17) is 0 Å². The zero-order valence-electron chi connectivity index (χ0n) is 24.0. The van der Waals surface area contributed by atoms with Gasteiger partial charge in [-0.25, -0.2) is 9.50 Å². The van der Waals surface area contributed by atoms with Gasteiger partial charge in [0.25, 0.3) is 11.5 Å². The molecule has 6 aromatic rings. The van der Waals surface area contributed by atoms with Crippen LogP contribution in [0.4, 0.5) is 0 Å². The Labute approximate surface area is 242 Å². The van der Waals surface area contributed by atoms with Crippen LogP contribution < -0.4 is 10.9 Å². The van der Waals surface area contributed by atoms with Crippen LogP contribution >= 0.6 is 0 Å². The van der Waals surface area contributed by atoms with Crippen molar-refractivity contribution in [2.45, 2.75) is 33.7 Å². The van der Waals surface area contributed by atoms with Gasteiger partial charge >= 0.3 is 0 Å². The summed E-state index contributed by atoms with van der Waals surface area (Å²) in [5, 5.41) is 13.1. The maximum Gasteiger partial charge on any atom is 0.264 e. The predicted octanol–water partition coefficient (Wildman–Crippen LogP) is 4.58. The maximum atomic E-state index is 14.3. The number of nitrogens with one attached hydrogen (secondary N) is 1. The van der Waals surface area contributed by atoms with E-state index in [2.05, 4.69) is 32.3 Å². The average molecular weight is 556 g/mol. The van der Waals surface area contributed by atoms with Gasteiger partial charge in [0, 0.05) is 41.6 Å². The molecule has 42 heavy (non-hydrogen) atoms. The number of aryl methyl sites for hydroxylation is 4. The Morgan fingerprint density at radius 2 is 1.79 bits per heavy atom. The van der Waals surface area contributed by atoms with Crippen LogP contribution in [-0.4, -0.2) is 34.9 Å². The molecule has 0 aliphatic heterocycles. The minimum atomic E-state index is -0.528. The van der Waals surface area contributed by atoms with Crippen LogP contribution in [-0.2, 0) is 7.05 Å². The molecule has 9 nitrogen and oxygen atoms in total. The number of amides is 1. The molecule has 0 saturated heterocycles. The molecule has 0 fully saturated rings. The molecule has 9 heteroatoms. The molecule has 2 aromatic carbocycles. The van der Waals surface area contributed by atoms with Crippen molar-refractivity contribution in [3.05, 3.63) is 123 Å². The largest absolute Gasteiger partial charge is 0.344 e. The molecule has 0 saturated carbocycles. The number of nitrogens with zero attached hydrogens (tertiary/aromatic N) is 6. The third kappa shape index (κ3) is 4.73. The quantitative estimate of drug-likeness (QED) is 0.321. The van der Waals surface area contributed by atoms with Crippen LogP contribution in [0.25, 0.3) is 22.1 Å². The number of pyridine rings is 1. The van der Waals surface area contributed by atoms with Gasteiger partial charge in [-0.15, -0.1) is 0 Å². The highest BCUT2D eigenvalue weighted by molar-refractivity contribution is 6.01. The summed E-state index contributed by atoms with van der Waals surface area (Å²) in [4.78, 5) is 32.5. The zero-order valence-corrected chi connectivity index (χ0v) is 24.0. The Balaban J connectivity index is 1.47. The van der Waals surface area contributed by atoms with Crippen molar-refractivity contribution in [2.75, 3.05) is 0 Å². The molecule has 1 amide bonds. The van der Waals surface area contributed by atoms with Crippen LogP contribution in [0, 0.1) is 32.6 Å². The minimum absolute atomic E-state index is 0.217. The lowest BCUT2D eigenvalue weighted by molar-refractivity contribution is 0.0939. The maximum absolute atomic E-state index is 14.3. The van der Waals surface area contributed by atoms with E-state index in [0.29, 0.717) is 39.2 Å². The van der Waals surface area contributed by atoms with Crippen LogP contribution in [0.5, 0.6) is 0 Å². The van der Waals surface area contributed by atoms with Gasteiger partial charge in [0.2, 0.25) is 0 Å². The van der Waals surface area contributed by atoms with Crippen LogP contribution in [0.2, 0.25) is 0 Å². The van der Waals surface area contributed by atoms with Crippen molar-refractivity contribution in [3.63, 3.8) is 0 Å². The molecule has 208 valence electrons. The summed E-state index contributed by atoms with van der Waals surface area (Å²) >= 11 is 0. The number of benzene rings is 2. The second kappa shape index (κ2) is 10.5. The third-order valence-electron chi connectivity index (χ3n) is 7.22. The van der Waals surface area contributed by atoms with Gasteiger partial charge in [0.1, 0.15) is 5.56 Å².